The van der Waals surface area contributed by atoms with Crippen LogP contribution in [0.4, 0.5) is 13.2 Å². The average molecular weight is 212 g/mol. The van der Waals surface area contributed by atoms with Crippen molar-refractivity contribution in [3.63, 3.8) is 0 Å². The van der Waals surface area contributed by atoms with Crippen LogP contribution >= 0.6 is 0 Å². The molecular weight excluding hydrogens is 205 g/mol. The van der Waals surface area contributed by atoms with Gasteiger partial charge < -0.3 is 4.42 Å². The molecule has 0 aliphatic rings. The lowest BCUT2D eigenvalue weighted by atomic mass is 10.1. The van der Waals surface area contributed by atoms with Crippen LogP contribution in [0.1, 0.15) is 5.76 Å². The Hall–Kier alpha value is -1.71. The molecule has 0 atom stereocenters. The predicted octanol–water partition coefficient (Wildman–Crippen LogP) is 3.67. The fourth-order valence-corrected chi connectivity index (χ4v) is 1.29. The van der Waals surface area contributed by atoms with Crippen LogP contribution < -0.4 is 0 Å². The predicted molar refractivity (Wildman–Crippen MR) is 48.8 cm³/mol. The van der Waals surface area contributed by atoms with Crippen molar-refractivity contribution in [2.24, 2.45) is 0 Å². The molecule has 2 aromatic rings. The van der Waals surface area contributed by atoms with Crippen LogP contribution in [0.5, 0.6) is 0 Å². The van der Waals surface area contributed by atoms with Crippen LogP contribution in [0.25, 0.3) is 11.3 Å². The zero-order valence-electron chi connectivity index (χ0n) is 7.85. The molecular formula is C11H7F3O. The first-order valence-corrected chi connectivity index (χ1v) is 4.29. The van der Waals surface area contributed by atoms with Crippen LogP contribution in [0.2, 0.25) is 0 Å². The van der Waals surface area contributed by atoms with Gasteiger partial charge in [0.15, 0.2) is 17.5 Å². The molecule has 1 heterocycles. The third kappa shape index (κ3) is 1.75. The van der Waals surface area contributed by atoms with Gasteiger partial charge in [-0.05, 0) is 31.2 Å². The SMILES string of the molecule is Cc1ccc(-c2cc(F)c(F)c(F)c2)o1. The minimum Gasteiger partial charge on any atom is -0.461 e. The van der Waals surface area contributed by atoms with Crippen molar-refractivity contribution in [2.45, 2.75) is 6.92 Å². The molecule has 4 heteroatoms. The van der Waals surface area contributed by atoms with Gasteiger partial charge in [0.1, 0.15) is 11.5 Å². The molecule has 1 aromatic carbocycles. The van der Waals surface area contributed by atoms with E-state index in [1.165, 1.54) is 0 Å². The number of aryl methyl sites for hydroxylation is 1. The first-order valence-electron chi connectivity index (χ1n) is 4.29. The Morgan fingerprint density at radius 3 is 2.07 bits per heavy atom. The van der Waals surface area contributed by atoms with E-state index in [0.717, 1.165) is 12.1 Å². The quantitative estimate of drug-likeness (QED) is 0.657. The van der Waals surface area contributed by atoms with Crippen LogP contribution in [0.15, 0.2) is 28.7 Å². The Morgan fingerprint density at radius 1 is 1.00 bits per heavy atom. The van der Waals surface area contributed by atoms with Crippen molar-refractivity contribution in [1.82, 2.24) is 0 Å². The molecule has 0 N–H and O–H groups in total. The highest BCUT2D eigenvalue weighted by atomic mass is 19.2. The van der Waals surface area contributed by atoms with Gasteiger partial charge in [-0.2, -0.15) is 0 Å². The topological polar surface area (TPSA) is 13.1 Å². The van der Waals surface area contributed by atoms with E-state index in [1.54, 1.807) is 19.1 Å². The van der Waals surface area contributed by atoms with Gasteiger partial charge in [-0.1, -0.05) is 0 Å². The maximum absolute atomic E-state index is 12.9. The van der Waals surface area contributed by atoms with Gasteiger partial charge in [-0.3, -0.25) is 0 Å². The van der Waals surface area contributed by atoms with Gasteiger partial charge in [0.2, 0.25) is 0 Å². The zero-order valence-corrected chi connectivity index (χ0v) is 7.85. The van der Waals surface area contributed by atoms with Crippen LogP contribution in [0, 0.1) is 24.4 Å². The molecule has 1 nitrogen and oxygen atoms in total. The highest BCUT2D eigenvalue weighted by Crippen LogP contribution is 2.25. The third-order valence-corrected chi connectivity index (χ3v) is 2.01. The number of halogens is 3. The summed E-state index contributed by atoms with van der Waals surface area (Å²) in [6.07, 6.45) is 0. The minimum absolute atomic E-state index is 0.180. The summed E-state index contributed by atoms with van der Waals surface area (Å²) in [7, 11) is 0. The molecule has 0 spiro atoms. The van der Waals surface area contributed by atoms with E-state index in [4.69, 9.17) is 4.42 Å². The number of hydrogen-bond acceptors (Lipinski definition) is 1. The first kappa shape index (κ1) is 9.83. The van der Waals surface area contributed by atoms with Gasteiger partial charge in [0, 0.05) is 5.56 Å². The van der Waals surface area contributed by atoms with E-state index in [1.807, 2.05) is 0 Å². The minimum atomic E-state index is -1.47. The molecule has 2 rings (SSSR count). The fourth-order valence-electron chi connectivity index (χ4n) is 1.29. The molecule has 78 valence electrons. The Balaban J connectivity index is 2.55. The molecule has 0 unspecified atom stereocenters. The van der Waals surface area contributed by atoms with Crippen LogP contribution in [-0.4, -0.2) is 0 Å². The summed E-state index contributed by atoms with van der Waals surface area (Å²) in [5, 5.41) is 0. The summed E-state index contributed by atoms with van der Waals surface area (Å²) >= 11 is 0. The molecule has 0 saturated heterocycles. The van der Waals surface area contributed by atoms with E-state index in [9.17, 15) is 13.2 Å². The summed E-state index contributed by atoms with van der Waals surface area (Å²) in [5.41, 5.74) is 0.180. The molecule has 0 bridgehead atoms. The van der Waals surface area contributed by atoms with Gasteiger partial charge in [0.05, 0.1) is 0 Å². The fraction of sp³-hybridized carbons (Fsp3) is 0.0909. The second-order valence-corrected chi connectivity index (χ2v) is 3.16. The lowest BCUT2D eigenvalue weighted by Crippen LogP contribution is -1.90. The van der Waals surface area contributed by atoms with Crippen molar-refractivity contribution < 1.29 is 17.6 Å². The van der Waals surface area contributed by atoms with E-state index in [0.29, 0.717) is 11.5 Å². The lowest BCUT2D eigenvalue weighted by molar-refractivity contribution is 0.446. The van der Waals surface area contributed by atoms with Crippen molar-refractivity contribution in [2.75, 3.05) is 0 Å². The number of furan rings is 1. The van der Waals surface area contributed by atoms with Crippen molar-refractivity contribution in [3.05, 3.63) is 47.5 Å². The standard InChI is InChI=1S/C11H7F3O/c1-6-2-3-10(15-6)7-4-8(12)11(14)9(13)5-7/h2-5H,1H3. The Kier molecular flexibility index (Phi) is 2.26. The molecule has 15 heavy (non-hydrogen) atoms. The summed E-state index contributed by atoms with van der Waals surface area (Å²) < 4.78 is 43.6. The highest BCUT2D eigenvalue weighted by Gasteiger charge is 2.13. The van der Waals surface area contributed by atoms with Crippen molar-refractivity contribution >= 4 is 0 Å². The smallest absolute Gasteiger partial charge is 0.194 e. The first-order chi connectivity index (χ1) is 7.08. The van der Waals surface area contributed by atoms with E-state index in [2.05, 4.69) is 0 Å². The lowest BCUT2D eigenvalue weighted by Gasteiger charge is -1.99. The summed E-state index contributed by atoms with van der Waals surface area (Å²) in [6.45, 7) is 1.71. The molecule has 1 aromatic heterocycles. The van der Waals surface area contributed by atoms with Gasteiger partial charge in [-0.25, -0.2) is 13.2 Å². The normalized spacial score (nSPS) is 10.7. The Bertz CT molecular complexity index is 479. The maximum atomic E-state index is 12.9. The van der Waals surface area contributed by atoms with Crippen molar-refractivity contribution in [3.8, 4) is 11.3 Å². The third-order valence-electron chi connectivity index (χ3n) is 2.01. The molecule has 0 aliphatic heterocycles. The molecule has 0 fully saturated rings. The van der Waals surface area contributed by atoms with E-state index < -0.39 is 17.5 Å². The monoisotopic (exact) mass is 212 g/mol. The van der Waals surface area contributed by atoms with E-state index in [-0.39, 0.29) is 5.56 Å². The van der Waals surface area contributed by atoms with Gasteiger partial charge in [-0.15, -0.1) is 0 Å². The van der Waals surface area contributed by atoms with Gasteiger partial charge >= 0.3 is 0 Å². The Morgan fingerprint density at radius 2 is 1.60 bits per heavy atom. The van der Waals surface area contributed by atoms with Gasteiger partial charge in [0.25, 0.3) is 0 Å². The second-order valence-electron chi connectivity index (χ2n) is 3.16. The second kappa shape index (κ2) is 3.46. The maximum Gasteiger partial charge on any atom is 0.194 e. The molecule has 0 saturated carbocycles. The molecule has 0 amide bonds. The highest BCUT2D eigenvalue weighted by molar-refractivity contribution is 5.57. The largest absolute Gasteiger partial charge is 0.461 e. The summed E-state index contributed by atoms with van der Waals surface area (Å²) in [6, 6.07) is 5.03. The number of hydrogen-bond donors (Lipinski definition) is 0. The van der Waals surface area contributed by atoms with Crippen LogP contribution in [0.3, 0.4) is 0 Å². The summed E-state index contributed by atoms with van der Waals surface area (Å²) in [4.78, 5) is 0. The van der Waals surface area contributed by atoms with Crippen molar-refractivity contribution in [1.29, 1.82) is 0 Å². The van der Waals surface area contributed by atoms with E-state index >= 15 is 0 Å². The molecule has 0 aliphatic carbocycles. The number of benzene rings is 1. The van der Waals surface area contributed by atoms with Crippen LogP contribution in [-0.2, 0) is 0 Å². The average Bonchev–Trinajstić information content (AvgIpc) is 2.60. The number of rotatable bonds is 1. The summed E-state index contributed by atoms with van der Waals surface area (Å²) in [5.74, 6) is -2.99. The zero-order chi connectivity index (χ0) is 11.0. The Labute approximate surface area is 84.1 Å². The molecule has 0 radical (unpaired) electrons.